The van der Waals surface area contributed by atoms with Gasteiger partial charge >= 0.3 is 6.18 Å². The molecule has 0 amide bonds. The molecule has 0 bridgehead atoms. The summed E-state index contributed by atoms with van der Waals surface area (Å²) < 4.78 is 42.9. The van der Waals surface area contributed by atoms with Crippen LogP contribution < -0.4 is 5.56 Å². The van der Waals surface area contributed by atoms with E-state index < -0.39 is 17.3 Å². The molecule has 0 aliphatic heterocycles. The summed E-state index contributed by atoms with van der Waals surface area (Å²) in [5, 5.41) is 0.448. The Labute approximate surface area is 153 Å². The fourth-order valence-electron chi connectivity index (χ4n) is 2.93. The lowest BCUT2D eigenvalue weighted by Gasteiger charge is -2.09. The number of aryl methyl sites for hydroxylation is 1. The van der Waals surface area contributed by atoms with E-state index in [0.717, 1.165) is 16.6 Å². The molecular weight excluding hydrogens is 411 g/mol. The standard InChI is InChI=1S/C18H11BrF3N3O/c1-10-16(23-15-5-4-13(19)9-25(10)15)24-7-6-11-2-3-12(18(20,21)22)8-14(11)17(24)26/h2-9H,1H3. The highest BCUT2D eigenvalue weighted by Crippen LogP contribution is 2.30. The molecule has 0 radical (unpaired) electrons. The molecule has 0 fully saturated rings. The lowest BCUT2D eigenvalue weighted by atomic mass is 10.1. The Bertz CT molecular complexity index is 1220. The first-order chi connectivity index (χ1) is 12.3. The van der Waals surface area contributed by atoms with Crippen LogP contribution in [-0.4, -0.2) is 14.0 Å². The Kier molecular flexibility index (Phi) is 3.69. The summed E-state index contributed by atoms with van der Waals surface area (Å²) >= 11 is 3.38. The van der Waals surface area contributed by atoms with Crippen molar-refractivity contribution in [2.45, 2.75) is 13.1 Å². The number of aromatic nitrogens is 3. The van der Waals surface area contributed by atoms with Crippen molar-refractivity contribution in [3.05, 3.63) is 74.9 Å². The molecule has 0 unspecified atom stereocenters. The van der Waals surface area contributed by atoms with Crippen molar-refractivity contribution in [1.29, 1.82) is 0 Å². The molecule has 3 heterocycles. The molecular formula is C18H11BrF3N3O. The van der Waals surface area contributed by atoms with Crippen molar-refractivity contribution >= 4 is 32.3 Å². The van der Waals surface area contributed by atoms with Crippen LogP contribution in [0.3, 0.4) is 0 Å². The molecule has 4 nitrogen and oxygen atoms in total. The van der Waals surface area contributed by atoms with Crippen LogP contribution in [0.25, 0.3) is 22.2 Å². The average Bonchev–Trinajstić information content (AvgIpc) is 2.91. The van der Waals surface area contributed by atoms with Crippen LogP contribution in [-0.2, 0) is 6.18 Å². The van der Waals surface area contributed by atoms with E-state index in [2.05, 4.69) is 20.9 Å². The Morgan fingerprint density at radius 2 is 1.88 bits per heavy atom. The first-order valence-electron chi connectivity index (χ1n) is 7.63. The molecule has 0 aliphatic carbocycles. The molecule has 26 heavy (non-hydrogen) atoms. The summed E-state index contributed by atoms with van der Waals surface area (Å²) in [5.41, 5.74) is -0.0545. The number of rotatable bonds is 1. The SMILES string of the molecule is Cc1c(-n2ccc3ccc(C(F)(F)F)cc3c2=O)nc2ccc(Br)cn12. The van der Waals surface area contributed by atoms with E-state index in [9.17, 15) is 18.0 Å². The van der Waals surface area contributed by atoms with Gasteiger partial charge in [0, 0.05) is 22.3 Å². The highest BCUT2D eigenvalue weighted by atomic mass is 79.9. The molecule has 0 saturated heterocycles. The minimum absolute atomic E-state index is 0.0000355. The maximum absolute atomic E-state index is 13.0. The van der Waals surface area contributed by atoms with E-state index in [0.29, 0.717) is 22.5 Å². The summed E-state index contributed by atoms with van der Waals surface area (Å²) in [7, 11) is 0. The van der Waals surface area contributed by atoms with Crippen molar-refractivity contribution in [2.75, 3.05) is 0 Å². The second-order valence-corrected chi connectivity index (χ2v) is 6.80. The molecule has 132 valence electrons. The molecule has 0 atom stereocenters. The zero-order valence-corrected chi connectivity index (χ0v) is 15.0. The number of fused-ring (bicyclic) bond motifs is 2. The highest BCUT2D eigenvalue weighted by molar-refractivity contribution is 9.10. The summed E-state index contributed by atoms with van der Waals surface area (Å²) in [6.45, 7) is 1.80. The Balaban J connectivity index is 1.99. The third-order valence-corrected chi connectivity index (χ3v) is 4.73. The molecule has 1 aromatic carbocycles. The van der Waals surface area contributed by atoms with Crippen LogP contribution in [0, 0.1) is 6.92 Å². The predicted molar refractivity (Wildman–Crippen MR) is 95.7 cm³/mol. The fraction of sp³-hybridized carbons (Fsp3) is 0.111. The number of hydrogen-bond acceptors (Lipinski definition) is 2. The van der Waals surface area contributed by atoms with Gasteiger partial charge < -0.3 is 4.40 Å². The van der Waals surface area contributed by atoms with Gasteiger partial charge in [0.2, 0.25) is 0 Å². The lowest BCUT2D eigenvalue weighted by Crippen LogP contribution is -2.19. The minimum atomic E-state index is -4.51. The highest BCUT2D eigenvalue weighted by Gasteiger charge is 2.30. The van der Waals surface area contributed by atoms with Gasteiger partial charge in [0.25, 0.3) is 5.56 Å². The van der Waals surface area contributed by atoms with Gasteiger partial charge in [-0.2, -0.15) is 13.2 Å². The van der Waals surface area contributed by atoms with Crippen LogP contribution in [0.1, 0.15) is 11.3 Å². The largest absolute Gasteiger partial charge is 0.416 e. The first-order valence-corrected chi connectivity index (χ1v) is 8.42. The van der Waals surface area contributed by atoms with Gasteiger partial charge in [-0.3, -0.25) is 9.36 Å². The normalized spacial score (nSPS) is 12.2. The van der Waals surface area contributed by atoms with Crippen LogP contribution in [0.15, 0.2) is 58.1 Å². The number of benzene rings is 1. The van der Waals surface area contributed by atoms with Crippen molar-refractivity contribution in [1.82, 2.24) is 14.0 Å². The molecule has 0 aliphatic rings. The van der Waals surface area contributed by atoms with E-state index in [1.165, 1.54) is 16.8 Å². The van der Waals surface area contributed by atoms with E-state index in [4.69, 9.17) is 0 Å². The van der Waals surface area contributed by atoms with Gasteiger partial charge in [-0.25, -0.2) is 4.98 Å². The van der Waals surface area contributed by atoms with Crippen LogP contribution in [0.4, 0.5) is 13.2 Å². The van der Waals surface area contributed by atoms with E-state index in [1.54, 1.807) is 19.1 Å². The van der Waals surface area contributed by atoms with Gasteiger partial charge in [-0.1, -0.05) is 6.07 Å². The van der Waals surface area contributed by atoms with Gasteiger partial charge in [0.1, 0.15) is 5.65 Å². The van der Waals surface area contributed by atoms with Crippen LogP contribution >= 0.6 is 15.9 Å². The van der Waals surface area contributed by atoms with Gasteiger partial charge in [0.15, 0.2) is 5.82 Å². The topological polar surface area (TPSA) is 39.3 Å². The van der Waals surface area contributed by atoms with E-state index in [-0.39, 0.29) is 5.39 Å². The van der Waals surface area contributed by atoms with Crippen LogP contribution in [0.2, 0.25) is 0 Å². The van der Waals surface area contributed by atoms with Crippen molar-refractivity contribution in [3.8, 4) is 5.82 Å². The lowest BCUT2D eigenvalue weighted by molar-refractivity contribution is -0.137. The number of pyridine rings is 2. The zero-order chi connectivity index (χ0) is 18.6. The molecule has 0 saturated carbocycles. The van der Waals surface area contributed by atoms with E-state index >= 15 is 0 Å². The average molecular weight is 422 g/mol. The quantitative estimate of drug-likeness (QED) is 0.445. The number of halogens is 4. The monoisotopic (exact) mass is 421 g/mol. The number of hydrogen-bond donors (Lipinski definition) is 0. The van der Waals surface area contributed by atoms with Crippen molar-refractivity contribution < 1.29 is 13.2 Å². The van der Waals surface area contributed by atoms with Crippen LogP contribution in [0.5, 0.6) is 0 Å². The Morgan fingerprint density at radius 3 is 2.62 bits per heavy atom. The second kappa shape index (κ2) is 5.70. The Morgan fingerprint density at radius 1 is 1.12 bits per heavy atom. The Hall–Kier alpha value is -2.61. The molecule has 4 rings (SSSR count). The first kappa shape index (κ1) is 16.8. The minimum Gasteiger partial charge on any atom is -0.301 e. The van der Waals surface area contributed by atoms with Gasteiger partial charge in [-0.05, 0) is 58.6 Å². The fourth-order valence-corrected chi connectivity index (χ4v) is 3.27. The summed E-state index contributed by atoms with van der Waals surface area (Å²) in [6, 6.07) is 8.38. The summed E-state index contributed by atoms with van der Waals surface area (Å²) in [4.78, 5) is 17.3. The molecule has 0 spiro atoms. The summed E-state index contributed by atoms with van der Waals surface area (Å²) in [5.74, 6) is 0.382. The number of imidazole rings is 1. The summed E-state index contributed by atoms with van der Waals surface area (Å²) in [6.07, 6.45) is -1.16. The second-order valence-electron chi connectivity index (χ2n) is 5.89. The third-order valence-electron chi connectivity index (χ3n) is 4.26. The van der Waals surface area contributed by atoms with Gasteiger partial charge in [-0.15, -0.1) is 0 Å². The maximum atomic E-state index is 13.0. The number of alkyl halides is 3. The van der Waals surface area contributed by atoms with Gasteiger partial charge in [0.05, 0.1) is 11.3 Å². The van der Waals surface area contributed by atoms with Crippen molar-refractivity contribution in [3.63, 3.8) is 0 Å². The molecule has 8 heteroatoms. The molecule has 0 N–H and O–H groups in total. The molecule has 4 aromatic rings. The maximum Gasteiger partial charge on any atom is 0.416 e. The smallest absolute Gasteiger partial charge is 0.301 e. The van der Waals surface area contributed by atoms with Crippen molar-refractivity contribution in [2.24, 2.45) is 0 Å². The zero-order valence-electron chi connectivity index (χ0n) is 13.4. The van der Waals surface area contributed by atoms with E-state index in [1.807, 2.05) is 16.7 Å². The third kappa shape index (κ3) is 2.61. The predicted octanol–water partition coefficient (Wildman–Crippen LogP) is 4.73. The number of nitrogens with zero attached hydrogens (tertiary/aromatic N) is 3. The molecule has 3 aromatic heterocycles.